The van der Waals surface area contributed by atoms with E-state index in [0.29, 0.717) is 12.2 Å². The molecule has 0 aliphatic heterocycles. The maximum atomic E-state index is 6.63. The smallest absolute Gasteiger partial charge is 0.0553 e. The molecule has 0 aromatic rings. The molecule has 0 heterocycles. The van der Waals surface area contributed by atoms with Crippen molar-refractivity contribution in [3.8, 4) is 0 Å². The van der Waals surface area contributed by atoms with Gasteiger partial charge in [-0.05, 0) is 74.0 Å². The van der Waals surface area contributed by atoms with Crippen LogP contribution in [0, 0.1) is 47.3 Å². The molecule has 4 fully saturated rings. The average molecular weight is 599 g/mol. The first-order valence-electron chi connectivity index (χ1n) is 20.7. The van der Waals surface area contributed by atoms with Crippen LogP contribution in [0.4, 0.5) is 0 Å². The van der Waals surface area contributed by atoms with Crippen molar-refractivity contribution in [1.82, 2.24) is 0 Å². The molecule has 1 heteroatoms. The predicted octanol–water partition coefficient (Wildman–Crippen LogP) is 13.7. The third kappa shape index (κ3) is 13.7. The summed E-state index contributed by atoms with van der Waals surface area (Å²) in [7, 11) is 0. The molecule has 1 nitrogen and oxygen atoms in total. The van der Waals surface area contributed by atoms with Gasteiger partial charge in [0.25, 0.3) is 0 Å². The fourth-order valence-electron chi connectivity index (χ4n) is 10.5. The molecule has 2 unspecified atom stereocenters. The fourth-order valence-corrected chi connectivity index (χ4v) is 10.5. The summed E-state index contributed by atoms with van der Waals surface area (Å²) in [5.74, 6) is 8.17. The molecular formula is C42H78O. The monoisotopic (exact) mass is 599 g/mol. The average Bonchev–Trinajstić information content (AvgIpc) is 3.03. The van der Waals surface area contributed by atoms with Gasteiger partial charge in [-0.2, -0.15) is 0 Å². The van der Waals surface area contributed by atoms with E-state index in [4.69, 9.17) is 4.74 Å². The molecule has 0 amide bonds. The lowest BCUT2D eigenvalue weighted by molar-refractivity contribution is -0.0224. The van der Waals surface area contributed by atoms with Crippen LogP contribution < -0.4 is 0 Å². The van der Waals surface area contributed by atoms with Crippen molar-refractivity contribution in [3.05, 3.63) is 0 Å². The first-order chi connectivity index (χ1) is 21.0. The Kier molecular flexibility index (Phi) is 16.9. The summed E-state index contributed by atoms with van der Waals surface area (Å²) in [6.07, 6.45) is 42.6. The van der Waals surface area contributed by atoms with E-state index in [2.05, 4.69) is 27.7 Å². The van der Waals surface area contributed by atoms with Gasteiger partial charge in [0.15, 0.2) is 0 Å². The predicted molar refractivity (Wildman–Crippen MR) is 189 cm³/mol. The minimum atomic E-state index is 0.452. The minimum absolute atomic E-state index is 0.452. The van der Waals surface area contributed by atoms with Crippen LogP contribution in [0.3, 0.4) is 0 Å². The van der Waals surface area contributed by atoms with Crippen molar-refractivity contribution >= 4 is 0 Å². The summed E-state index contributed by atoms with van der Waals surface area (Å²) in [6.45, 7) is 9.46. The van der Waals surface area contributed by atoms with Crippen molar-refractivity contribution < 1.29 is 4.74 Å². The summed E-state index contributed by atoms with van der Waals surface area (Å²) in [4.78, 5) is 0. The topological polar surface area (TPSA) is 9.23 Å². The molecule has 0 spiro atoms. The molecule has 0 radical (unpaired) electrons. The lowest BCUT2D eigenvalue weighted by atomic mass is 9.74. The Labute approximate surface area is 271 Å². The van der Waals surface area contributed by atoms with Gasteiger partial charge in [0.05, 0.1) is 12.2 Å². The lowest BCUT2D eigenvalue weighted by Gasteiger charge is -2.34. The molecule has 0 aromatic carbocycles. The van der Waals surface area contributed by atoms with E-state index in [1.54, 1.807) is 0 Å². The van der Waals surface area contributed by atoms with Crippen molar-refractivity contribution in [3.63, 3.8) is 0 Å². The van der Waals surface area contributed by atoms with E-state index >= 15 is 0 Å². The van der Waals surface area contributed by atoms with Crippen LogP contribution >= 0.6 is 0 Å². The molecule has 2 atom stereocenters. The maximum absolute atomic E-state index is 6.63. The Balaban J connectivity index is 0.991. The Morgan fingerprint density at radius 3 is 0.860 bits per heavy atom. The Morgan fingerprint density at radius 1 is 0.372 bits per heavy atom. The molecule has 4 aliphatic rings. The molecular weight excluding hydrogens is 520 g/mol. The largest absolute Gasteiger partial charge is 0.376 e. The second kappa shape index (κ2) is 20.3. The van der Waals surface area contributed by atoms with E-state index in [-0.39, 0.29) is 0 Å². The van der Waals surface area contributed by atoms with Crippen LogP contribution in [0.5, 0.6) is 0 Å². The van der Waals surface area contributed by atoms with Crippen LogP contribution in [0.2, 0.25) is 0 Å². The number of hydrogen-bond donors (Lipinski definition) is 0. The van der Waals surface area contributed by atoms with Crippen LogP contribution in [-0.2, 0) is 4.74 Å². The number of unbranched alkanes of at least 4 members (excludes halogenated alkanes) is 2. The highest BCUT2D eigenvalue weighted by molar-refractivity contribution is 4.80. The number of hydrogen-bond acceptors (Lipinski definition) is 1. The summed E-state index contributed by atoms with van der Waals surface area (Å²) in [5, 5.41) is 0. The summed E-state index contributed by atoms with van der Waals surface area (Å²) < 4.78 is 6.63. The van der Waals surface area contributed by atoms with Crippen molar-refractivity contribution in [2.75, 3.05) is 0 Å². The minimum Gasteiger partial charge on any atom is -0.376 e. The van der Waals surface area contributed by atoms with Gasteiger partial charge >= 0.3 is 0 Å². The highest BCUT2D eigenvalue weighted by Crippen LogP contribution is 2.40. The third-order valence-corrected chi connectivity index (χ3v) is 13.6. The van der Waals surface area contributed by atoms with Gasteiger partial charge in [-0.15, -0.1) is 0 Å². The van der Waals surface area contributed by atoms with E-state index in [1.165, 1.54) is 180 Å². The standard InChI is InChI=1S/C42H78O/c1-5-7-9-35-11-15-37(16-12-35)19-21-39-23-27-41(28-24-39)31-33(3)43-34(4)32-42-29-25-40(26-30-42)22-20-38-17-13-36(14-18-38)10-8-6-2/h33-42H,5-32H2,1-4H3. The van der Waals surface area contributed by atoms with Crippen molar-refractivity contribution in [2.45, 2.75) is 220 Å². The van der Waals surface area contributed by atoms with Gasteiger partial charge in [0.2, 0.25) is 0 Å². The molecule has 4 rings (SSSR count). The molecule has 0 saturated heterocycles. The lowest BCUT2D eigenvalue weighted by Crippen LogP contribution is -2.26. The zero-order valence-corrected chi connectivity index (χ0v) is 30.0. The Morgan fingerprint density at radius 2 is 0.605 bits per heavy atom. The van der Waals surface area contributed by atoms with Gasteiger partial charge in [-0.25, -0.2) is 0 Å². The van der Waals surface area contributed by atoms with E-state index in [1.807, 2.05) is 0 Å². The second-order valence-corrected chi connectivity index (χ2v) is 17.2. The normalized spacial score (nSPS) is 35.4. The van der Waals surface area contributed by atoms with Crippen LogP contribution in [0.1, 0.15) is 207 Å². The van der Waals surface area contributed by atoms with Crippen molar-refractivity contribution in [2.24, 2.45) is 47.3 Å². The number of ether oxygens (including phenoxy) is 1. The first kappa shape index (κ1) is 35.8. The van der Waals surface area contributed by atoms with Gasteiger partial charge < -0.3 is 4.74 Å². The molecule has 0 aromatic heterocycles. The van der Waals surface area contributed by atoms with E-state index in [9.17, 15) is 0 Å². The Bertz CT molecular complexity index is 611. The molecule has 0 bridgehead atoms. The highest BCUT2D eigenvalue weighted by atomic mass is 16.5. The molecule has 0 N–H and O–H groups in total. The van der Waals surface area contributed by atoms with Crippen LogP contribution in [0.15, 0.2) is 0 Å². The summed E-state index contributed by atoms with van der Waals surface area (Å²) in [5.41, 5.74) is 0. The molecule has 4 aliphatic carbocycles. The summed E-state index contributed by atoms with van der Waals surface area (Å²) >= 11 is 0. The van der Waals surface area contributed by atoms with Gasteiger partial charge in [-0.3, -0.25) is 0 Å². The fraction of sp³-hybridized carbons (Fsp3) is 1.00. The quantitative estimate of drug-likeness (QED) is 0.152. The van der Waals surface area contributed by atoms with E-state index < -0.39 is 0 Å². The van der Waals surface area contributed by atoms with E-state index in [0.717, 1.165) is 47.3 Å². The molecule has 252 valence electrons. The molecule has 43 heavy (non-hydrogen) atoms. The SMILES string of the molecule is CCCCC1CCC(CCC2CCC(CC(C)OC(C)CC3CCC(CCC4CCC(CCCC)CC4)CC3)CC2)CC1. The second-order valence-electron chi connectivity index (χ2n) is 17.2. The van der Waals surface area contributed by atoms with Gasteiger partial charge in [-0.1, -0.05) is 181 Å². The maximum Gasteiger partial charge on any atom is 0.0553 e. The molecule has 4 saturated carbocycles. The first-order valence-corrected chi connectivity index (χ1v) is 20.7. The zero-order chi connectivity index (χ0) is 30.3. The van der Waals surface area contributed by atoms with Crippen LogP contribution in [-0.4, -0.2) is 12.2 Å². The zero-order valence-electron chi connectivity index (χ0n) is 30.0. The van der Waals surface area contributed by atoms with Gasteiger partial charge in [0.1, 0.15) is 0 Å². The third-order valence-electron chi connectivity index (χ3n) is 13.6. The van der Waals surface area contributed by atoms with Crippen molar-refractivity contribution in [1.29, 1.82) is 0 Å². The van der Waals surface area contributed by atoms with Crippen LogP contribution in [0.25, 0.3) is 0 Å². The Hall–Kier alpha value is -0.0400. The summed E-state index contributed by atoms with van der Waals surface area (Å²) in [6, 6.07) is 0. The van der Waals surface area contributed by atoms with Gasteiger partial charge in [0, 0.05) is 0 Å². The number of rotatable bonds is 18. The highest BCUT2D eigenvalue weighted by Gasteiger charge is 2.28.